The van der Waals surface area contributed by atoms with Crippen LogP contribution in [0.2, 0.25) is 0 Å². The number of aliphatic imine (C=N–C) groups is 1. The zero-order chi connectivity index (χ0) is 22.8. The van der Waals surface area contributed by atoms with E-state index in [4.69, 9.17) is 4.99 Å². The number of amides is 1. The minimum atomic E-state index is -1.17. The second-order valence-corrected chi connectivity index (χ2v) is 8.43. The fraction of sp³-hybridized carbons (Fsp3) is 0.0385. The van der Waals surface area contributed by atoms with E-state index in [9.17, 15) is 14.7 Å². The monoisotopic (exact) mass is 452 g/mol. The first-order chi connectivity index (χ1) is 16.1. The highest BCUT2D eigenvalue weighted by molar-refractivity contribution is 8.19. The fourth-order valence-electron chi connectivity index (χ4n) is 3.77. The van der Waals surface area contributed by atoms with Crippen LogP contribution < -0.4 is 10.0 Å². The zero-order valence-corrected chi connectivity index (χ0v) is 18.2. The number of hydrogen-bond acceptors (Lipinski definition) is 5. The summed E-state index contributed by atoms with van der Waals surface area (Å²) in [6, 6.07) is 26.4. The van der Waals surface area contributed by atoms with E-state index in [0.717, 1.165) is 27.8 Å². The van der Waals surface area contributed by atoms with Gasteiger partial charge in [0.1, 0.15) is 0 Å². The van der Waals surface area contributed by atoms with Gasteiger partial charge in [0.05, 0.1) is 28.8 Å². The van der Waals surface area contributed by atoms with Crippen LogP contribution >= 0.6 is 11.8 Å². The molecule has 0 saturated carbocycles. The molecular weight excluding hydrogens is 434 g/mol. The first kappa shape index (κ1) is 20.8. The van der Waals surface area contributed by atoms with E-state index in [0.29, 0.717) is 10.1 Å². The van der Waals surface area contributed by atoms with Gasteiger partial charge in [-0.3, -0.25) is 9.69 Å². The Labute approximate surface area is 194 Å². The highest BCUT2D eigenvalue weighted by atomic mass is 32.2. The molecule has 3 aromatic carbocycles. The molecule has 0 spiro atoms. The van der Waals surface area contributed by atoms with Crippen molar-refractivity contribution < 1.29 is 14.7 Å². The Morgan fingerprint density at radius 2 is 1.61 bits per heavy atom. The summed E-state index contributed by atoms with van der Waals surface area (Å²) in [5, 5.41) is 12.6. The van der Waals surface area contributed by atoms with Crippen LogP contribution in [0.15, 0.2) is 101 Å². The number of carbonyl (C=O) groups is 2. The first-order valence-electron chi connectivity index (χ1n) is 10.3. The van der Waals surface area contributed by atoms with Crippen LogP contribution in [-0.4, -0.2) is 21.6 Å². The summed E-state index contributed by atoms with van der Waals surface area (Å²) in [5.41, 5.74) is 3.01. The number of carboxylic acid groups (broad SMARTS) is 1. The summed E-state index contributed by atoms with van der Waals surface area (Å²) in [7, 11) is 0. The molecular formula is C26H18N3O3S-. The maximum Gasteiger partial charge on any atom is 0.271 e. The third kappa shape index (κ3) is 4.18. The number of nitrogens with zero attached hydrogens (tertiary/aromatic N) is 3. The summed E-state index contributed by atoms with van der Waals surface area (Å²) < 4.78 is 1.62. The van der Waals surface area contributed by atoms with E-state index >= 15 is 0 Å². The molecule has 0 unspecified atom stereocenters. The molecule has 5 rings (SSSR count). The summed E-state index contributed by atoms with van der Waals surface area (Å²) >= 11 is 1.29. The number of aliphatic carboxylic acids is 1. The molecule has 7 heteroatoms. The molecule has 0 aliphatic carbocycles. The summed E-state index contributed by atoms with van der Waals surface area (Å²) in [6.07, 6.45) is 3.53. The Morgan fingerprint density at radius 1 is 0.939 bits per heavy atom. The van der Waals surface area contributed by atoms with Gasteiger partial charge in [-0.15, -0.1) is 0 Å². The summed E-state index contributed by atoms with van der Waals surface area (Å²) in [5.74, 6) is -1.36. The van der Waals surface area contributed by atoms with Crippen molar-refractivity contribution in [3.05, 3.63) is 102 Å². The zero-order valence-electron chi connectivity index (χ0n) is 17.4. The van der Waals surface area contributed by atoms with Gasteiger partial charge in [0.2, 0.25) is 0 Å². The molecule has 1 aromatic heterocycles. The standard InChI is InChI=1S/C26H19N3O3S/c30-24(31)17-28-16-18(21-13-7-8-14-22(21)28)15-23-25(32)29(20-11-5-2-6-12-20)26(33-23)27-19-9-3-1-4-10-19/h1-16H,17H2,(H,30,31)/p-1/b23-15-,27-26?. The molecule has 1 aliphatic heterocycles. The Bertz CT molecular complexity index is 1410. The smallest absolute Gasteiger partial charge is 0.271 e. The second-order valence-electron chi connectivity index (χ2n) is 7.42. The number of anilines is 1. The van der Waals surface area contributed by atoms with E-state index in [1.807, 2.05) is 84.9 Å². The molecule has 4 aromatic rings. The van der Waals surface area contributed by atoms with E-state index in [2.05, 4.69) is 0 Å². The van der Waals surface area contributed by atoms with Crippen molar-refractivity contribution >= 4 is 57.2 Å². The van der Waals surface area contributed by atoms with Gasteiger partial charge in [0.25, 0.3) is 5.91 Å². The third-order valence-corrected chi connectivity index (χ3v) is 6.18. The van der Waals surface area contributed by atoms with Gasteiger partial charge in [0.15, 0.2) is 5.17 Å². The van der Waals surface area contributed by atoms with Crippen LogP contribution in [0.1, 0.15) is 5.56 Å². The number of para-hydroxylation sites is 3. The lowest BCUT2D eigenvalue weighted by molar-refractivity contribution is -0.306. The predicted octanol–water partition coefficient (Wildman–Crippen LogP) is 4.20. The molecule has 2 heterocycles. The lowest BCUT2D eigenvalue weighted by Crippen LogP contribution is -2.28. The molecule has 0 atom stereocenters. The van der Waals surface area contributed by atoms with Crippen molar-refractivity contribution in [2.75, 3.05) is 4.90 Å². The molecule has 0 bridgehead atoms. The van der Waals surface area contributed by atoms with Crippen molar-refractivity contribution in [2.24, 2.45) is 4.99 Å². The Morgan fingerprint density at radius 3 is 2.33 bits per heavy atom. The largest absolute Gasteiger partial charge is 0.548 e. The highest BCUT2D eigenvalue weighted by Gasteiger charge is 2.34. The van der Waals surface area contributed by atoms with Crippen molar-refractivity contribution in [3.63, 3.8) is 0 Å². The molecule has 33 heavy (non-hydrogen) atoms. The van der Waals surface area contributed by atoms with Gasteiger partial charge in [0, 0.05) is 22.7 Å². The van der Waals surface area contributed by atoms with Crippen LogP contribution in [0, 0.1) is 0 Å². The Balaban J connectivity index is 1.60. The van der Waals surface area contributed by atoms with Crippen LogP contribution in [-0.2, 0) is 16.1 Å². The van der Waals surface area contributed by atoms with Crippen molar-refractivity contribution in [1.29, 1.82) is 0 Å². The van der Waals surface area contributed by atoms with Gasteiger partial charge in [-0.25, -0.2) is 4.99 Å². The van der Waals surface area contributed by atoms with Crippen LogP contribution in [0.25, 0.3) is 17.0 Å². The number of benzene rings is 3. The number of fused-ring (bicyclic) bond motifs is 1. The number of carboxylic acids is 1. The second kappa shape index (κ2) is 8.80. The average Bonchev–Trinajstić information content (AvgIpc) is 3.32. The molecule has 162 valence electrons. The Kier molecular flexibility index (Phi) is 5.54. The summed E-state index contributed by atoms with van der Waals surface area (Å²) in [6.45, 7) is -0.262. The lowest BCUT2D eigenvalue weighted by Gasteiger charge is -2.15. The van der Waals surface area contributed by atoms with Crippen molar-refractivity contribution in [1.82, 2.24) is 4.57 Å². The number of amidine groups is 1. The van der Waals surface area contributed by atoms with Gasteiger partial charge in [-0.2, -0.15) is 0 Å². The average molecular weight is 453 g/mol. The van der Waals surface area contributed by atoms with Crippen molar-refractivity contribution in [3.8, 4) is 0 Å². The number of aromatic nitrogens is 1. The minimum Gasteiger partial charge on any atom is -0.548 e. The number of thioether (sulfide) groups is 1. The maximum absolute atomic E-state index is 13.5. The highest BCUT2D eigenvalue weighted by Crippen LogP contribution is 2.38. The van der Waals surface area contributed by atoms with E-state index in [1.165, 1.54) is 11.8 Å². The number of rotatable bonds is 5. The fourth-order valence-corrected chi connectivity index (χ4v) is 4.76. The Hall–Kier alpha value is -4.10. The predicted molar refractivity (Wildman–Crippen MR) is 130 cm³/mol. The van der Waals surface area contributed by atoms with Gasteiger partial charge in [-0.1, -0.05) is 54.6 Å². The lowest BCUT2D eigenvalue weighted by atomic mass is 10.1. The molecule has 1 amide bonds. The normalized spacial score (nSPS) is 16.2. The molecule has 0 radical (unpaired) electrons. The van der Waals surface area contributed by atoms with Gasteiger partial charge in [-0.05, 0) is 48.2 Å². The van der Waals surface area contributed by atoms with E-state index in [1.54, 1.807) is 21.7 Å². The van der Waals surface area contributed by atoms with Crippen LogP contribution in [0.3, 0.4) is 0 Å². The maximum atomic E-state index is 13.5. The SMILES string of the molecule is O=C([O-])Cn1cc(/C=C2\SC(=Nc3ccccc3)N(c3ccccc3)C2=O)c2ccccc21. The molecule has 1 fully saturated rings. The van der Waals surface area contributed by atoms with Gasteiger partial charge >= 0.3 is 0 Å². The quantitative estimate of drug-likeness (QED) is 0.425. The molecule has 6 nitrogen and oxygen atoms in total. The number of carbonyl (C=O) groups excluding carboxylic acids is 2. The van der Waals surface area contributed by atoms with E-state index < -0.39 is 5.97 Å². The topological polar surface area (TPSA) is 77.7 Å². The minimum absolute atomic E-state index is 0.183. The molecule has 1 aliphatic rings. The molecule has 0 N–H and O–H groups in total. The van der Waals surface area contributed by atoms with Crippen LogP contribution in [0.4, 0.5) is 11.4 Å². The molecule has 1 saturated heterocycles. The van der Waals surface area contributed by atoms with Gasteiger partial charge < -0.3 is 14.5 Å². The number of hydrogen-bond donors (Lipinski definition) is 0. The summed E-state index contributed by atoms with van der Waals surface area (Å²) in [4.78, 5) is 31.5. The third-order valence-electron chi connectivity index (χ3n) is 5.21. The van der Waals surface area contributed by atoms with E-state index in [-0.39, 0.29) is 12.5 Å². The van der Waals surface area contributed by atoms with Crippen LogP contribution in [0.5, 0.6) is 0 Å². The van der Waals surface area contributed by atoms with Crippen molar-refractivity contribution in [2.45, 2.75) is 6.54 Å². The first-order valence-corrected chi connectivity index (χ1v) is 11.1.